The third-order valence-corrected chi connectivity index (χ3v) is 6.67. The second-order valence-corrected chi connectivity index (χ2v) is 8.00. The Morgan fingerprint density at radius 2 is 1.67 bits per heavy atom. The van der Waals surface area contributed by atoms with E-state index in [1.165, 1.54) is 11.4 Å². The molecule has 0 heterocycles. The summed E-state index contributed by atoms with van der Waals surface area (Å²) in [7, 11) is -2.13. The zero-order valence-corrected chi connectivity index (χ0v) is 18.1. The number of amides is 1. The number of carbonyl (C=O) groups is 1. The Kier molecular flexibility index (Phi) is 9.21. The van der Waals surface area contributed by atoms with E-state index in [0.717, 1.165) is 18.8 Å². The van der Waals surface area contributed by atoms with Crippen LogP contribution in [0.5, 0.6) is 0 Å². The van der Waals surface area contributed by atoms with Gasteiger partial charge in [-0.3, -0.25) is 4.79 Å². The lowest BCUT2D eigenvalue weighted by atomic mass is 10.2. The van der Waals surface area contributed by atoms with Gasteiger partial charge in [0.25, 0.3) is 5.91 Å². The number of hydrogen-bond donors (Lipinski definition) is 1. The third kappa shape index (κ3) is 5.43. The average molecular weight is 400 g/mol. The molecular formula is C19H33N3O4S. The number of sulfonamides is 1. The first-order valence-electron chi connectivity index (χ1n) is 9.53. The SMILES string of the molecule is CC[C@@H](OC)C(=O)Nc1cc(S(=O)(=O)N(CC)CC)ccc1N(CC)CC. The lowest BCUT2D eigenvalue weighted by Gasteiger charge is -2.26. The molecule has 1 aromatic rings. The van der Waals surface area contributed by atoms with Crippen LogP contribution < -0.4 is 10.2 Å². The smallest absolute Gasteiger partial charge is 0.253 e. The van der Waals surface area contributed by atoms with Crippen molar-refractivity contribution in [2.45, 2.75) is 52.0 Å². The Balaban J connectivity index is 3.43. The number of ether oxygens (including phenoxy) is 1. The number of methoxy groups -OCH3 is 1. The van der Waals surface area contributed by atoms with Crippen LogP contribution in [-0.2, 0) is 19.6 Å². The first kappa shape index (κ1) is 23.4. The fourth-order valence-corrected chi connectivity index (χ4v) is 4.49. The van der Waals surface area contributed by atoms with E-state index in [2.05, 4.69) is 10.2 Å². The molecule has 0 saturated carbocycles. The highest BCUT2D eigenvalue weighted by Gasteiger charge is 2.25. The number of anilines is 2. The summed E-state index contributed by atoms with van der Waals surface area (Å²) in [5.41, 5.74) is 1.27. The monoisotopic (exact) mass is 399 g/mol. The van der Waals surface area contributed by atoms with E-state index in [-0.39, 0.29) is 10.8 Å². The predicted molar refractivity (Wildman–Crippen MR) is 110 cm³/mol. The van der Waals surface area contributed by atoms with Gasteiger partial charge in [-0.2, -0.15) is 4.31 Å². The van der Waals surface area contributed by atoms with Crippen LogP contribution >= 0.6 is 0 Å². The van der Waals surface area contributed by atoms with Crippen molar-refractivity contribution in [3.8, 4) is 0 Å². The molecule has 1 amide bonds. The van der Waals surface area contributed by atoms with E-state index in [4.69, 9.17) is 4.74 Å². The van der Waals surface area contributed by atoms with Crippen molar-refractivity contribution < 1.29 is 17.9 Å². The van der Waals surface area contributed by atoms with E-state index >= 15 is 0 Å². The Morgan fingerprint density at radius 1 is 1.07 bits per heavy atom. The summed E-state index contributed by atoms with van der Waals surface area (Å²) in [5.74, 6) is -0.286. The minimum atomic E-state index is -3.61. The highest BCUT2D eigenvalue weighted by atomic mass is 32.2. The molecule has 1 atom stereocenters. The first-order valence-corrected chi connectivity index (χ1v) is 11.0. The molecule has 0 aromatic heterocycles. The van der Waals surface area contributed by atoms with E-state index in [1.807, 2.05) is 20.8 Å². The standard InChI is InChI=1S/C19H33N3O4S/c1-7-18(26-6)19(23)20-16-14-15(27(24,25)22(10-4)11-5)12-13-17(16)21(8-2)9-3/h12-14,18H,7-11H2,1-6H3,(H,20,23)/t18-/m1/s1. The summed E-state index contributed by atoms with van der Waals surface area (Å²) in [6.07, 6.45) is -0.0574. The molecule has 0 aliphatic heterocycles. The normalized spacial score (nSPS) is 12.9. The van der Waals surface area contributed by atoms with Crippen molar-refractivity contribution in [2.24, 2.45) is 0 Å². The van der Waals surface area contributed by atoms with E-state index in [0.29, 0.717) is 25.2 Å². The van der Waals surface area contributed by atoms with Crippen LogP contribution in [-0.4, -0.2) is 58.0 Å². The molecule has 1 rings (SSSR count). The zero-order valence-electron chi connectivity index (χ0n) is 17.3. The number of nitrogens with zero attached hydrogens (tertiary/aromatic N) is 2. The number of carbonyl (C=O) groups excluding carboxylic acids is 1. The van der Waals surface area contributed by atoms with Gasteiger partial charge in [0.15, 0.2) is 0 Å². The lowest BCUT2D eigenvalue weighted by molar-refractivity contribution is -0.125. The summed E-state index contributed by atoms with van der Waals surface area (Å²) < 4.78 is 32.4. The van der Waals surface area contributed by atoms with Crippen molar-refractivity contribution in [1.82, 2.24) is 4.31 Å². The molecule has 0 bridgehead atoms. The molecule has 154 valence electrons. The van der Waals surface area contributed by atoms with Gasteiger partial charge in [-0.25, -0.2) is 8.42 Å². The maximum absolute atomic E-state index is 12.9. The highest BCUT2D eigenvalue weighted by Crippen LogP contribution is 2.30. The number of nitrogens with one attached hydrogen (secondary N) is 1. The molecule has 8 heteroatoms. The third-order valence-electron chi connectivity index (χ3n) is 4.62. The van der Waals surface area contributed by atoms with Gasteiger partial charge in [0.1, 0.15) is 6.10 Å². The van der Waals surface area contributed by atoms with Crippen LogP contribution in [0.25, 0.3) is 0 Å². The molecule has 1 N–H and O–H groups in total. The summed E-state index contributed by atoms with van der Waals surface area (Å²) in [6.45, 7) is 11.8. The molecule has 0 aliphatic rings. The molecule has 0 saturated heterocycles. The quantitative estimate of drug-likeness (QED) is 0.619. The minimum absolute atomic E-state index is 0.169. The fraction of sp³-hybridized carbons (Fsp3) is 0.632. The molecule has 27 heavy (non-hydrogen) atoms. The molecule has 0 radical (unpaired) electrons. The largest absolute Gasteiger partial charge is 0.372 e. The van der Waals surface area contributed by atoms with Crippen molar-refractivity contribution in [3.63, 3.8) is 0 Å². The minimum Gasteiger partial charge on any atom is -0.372 e. The molecule has 0 unspecified atom stereocenters. The molecule has 1 aromatic carbocycles. The molecule has 0 aliphatic carbocycles. The van der Waals surface area contributed by atoms with Crippen molar-refractivity contribution >= 4 is 27.3 Å². The fourth-order valence-electron chi connectivity index (χ4n) is 3.00. The van der Waals surface area contributed by atoms with Crippen LogP contribution in [0, 0.1) is 0 Å². The Morgan fingerprint density at radius 3 is 2.11 bits per heavy atom. The topological polar surface area (TPSA) is 78.9 Å². The van der Waals surface area contributed by atoms with Crippen molar-refractivity contribution in [2.75, 3.05) is 43.5 Å². The Bertz CT molecular complexity index is 710. The zero-order chi connectivity index (χ0) is 20.6. The summed E-state index contributed by atoms with van der Waals surface area (Å²) >= 11 is 0. The second-order valence-electron chi connectivity index (χ2n) is 6.06. The van der Waals surface area contributed by atoms with Gasteiger partial charge in [-0.15, -0.1) is 0 Å². The van der Waals surface area contributed by atoms with Gasteiger partial charge in [0.05, 0.1) is 16.3 Å². The number of rotatable bonds is 11. The lowest BCUT2D eigenvalue weighted by Crippen LogP contribution is -2.32. The van der Waals surface area contributed by atoms with Crippen LogP contribution in [0.3, 0.4) is 0 Å². The summed E-state index contributed by atoms with van der Waals surface area (Å²) in [6, 6.07) is 4.90. The number of benzene rings is 1. The van der Waals surface area contributed by atoms with Crippen LogP contribution in [0.15, 0.2) is 23.1 Å². The van der Waals surface area contributed by atoms with E-state index < -0.39 is 16.1 Å². The molecule has 0 spiro atoms. The van der Waals surface area contributed by atoms with Gasteiger partial charge >= 0.3 is 0 Å². The maximum atomic E-state index is 12.9. The molecular weight excluding hydrogens is 366 g/mol. The summed E-state index contributed by atoms with van der Waals surface area (Å²) in [4.78, 5) is 14.8. The molecule has 7 nitrogen and oxygen atoms in total. The highest BCUT2D eigenvalue weighted by molar-refractivity contribution is 7.89. The molecule has 0 fully saturated rings. The number of hydrogen-bond acceptors (Lipinski definition) is 5. The first-order chi connectivity index (χ1) is 12.8. The van der Waals surface area contributed by atoms with E-state index in [1.54, 1.807) is 32.0 Å². The Hall–Kier alpha value is -1.64. The van der Waals surface area contributed by atoms with Crippen LogP contribution in [0.2, 0.25) is 0 Å². The van der Waals surface area contributed by atoms with Gasteiger partial charge in [0.2, 0.25) is 10.0 Å². The van der Waals surface area contributed by atoms with Crippen molar-refractivity contribution in [3.05, 3.63) is 18.2 Å². The summed E-state index contributed by atoms with van der Waals surface area (Å²) in [5, 5.41) is 2.86. The van der Waals surface area contributed by atoms with Gasteiger partial charge < -0.3 is 15.0 Å². The maximum Gasteiger partial charge on any atom is 0.253 e. The van der Waals surface area contributed by atoms with E-state index in [9.17, 15) is 13.2 Å². The Labute approximate surface area is 163 Å². The predicted octanol–water partition coefficient (Wildman–Crippen LogP) is 2.93. The average Bonchev–Trinajstić information content (AvgIpc) is 2.65. The van der Waals surface area contributed by atoms with Gasteiger partial charge in [-0.05, 0) is 38.5 Å². The van der Waals surface area contributed by atoms with Gasteiger partial charge in [-0.1, -0.05) is 20.8 Å². The van der Waals surface area contributed by atoms with Gasteiger partial charge in [0, 0.05) is 33.3 Å². The second kappa shape index (κ2) is 10.6. The van der Waals surface area contributed by atoms with Crippen LogP contribution in [0.1, 0.15) is 41.0 Å². The van der Waals surface area contributed by atoms with Crippen molar-refractivity contribution in [1.29, 1.82) is 0 Å². The van der Waals surface area contributed by atoms with Crippen LogP contribution in [0.4, 0.5) is 11.4 Å².